The third kappa shape index (κ3) is 4.50. The molecular weight excluding hydrogens is 384 g/mol. The summed E-state index contributed by atoms with van der Waals surface area (Å²) in [7, 11) is 0. The fourth-order valence-corrected chi connectivity index (χ4v) is 3.39. The largest absolute Gasteiger partial charge is 0.416 e. The highest BCUT2D eigenvalue weighted by Crippen LogP contribution is 2.32. The summed E-state index contributed by atoms with van der Waals surface area (Å²) in [6.45, 7) is 4.00. The molecule has 0 spiro atoms. The fraction of sp³-hybridized carbons (Fsp3) is 0.227. The Balaban J connectivity index is 1.68. The van der Waals surface area contributed by atoms with E-state index >= 15 is 0 Å². The molecule has 0 atom stereocenters. The molecule has 1 amide bonds. The SMILES string of the molecule is Cc1[nH]c2c(F)ccc(C)c2c1CCNC(=O)C=Cc1ccccc1C(F)(F)F. The van der Waals surface area contributed by atoms with Crippen molar-refractivity contribution < 1.29 is 22.4 Å². The zero-order valence-electron chi connectivity index (χ0n) is 16.0. The Morgan fingerprint density at radius 3 is 2.59 bits per heavy atom. The number of hydrogen-bond donors (Lipinski definition) is 2. The number of fused-ring (bicyclic) bond motifs is 1. The number of hydrogen-bond acceptors (Lipinski definition) is 1. The second-order valence-electron chi connectivity index (χ2n) is 6.80. The topological polar surface area (TPSA) is 44.9 Å². The van der Waals surface area contributed by atoms with Crippen molar-refractivity contribution in [3.05, 3.63) is 76.2 Å². The Bertz CT molecular complexity index is 1080. The summed E-state index contributed by atoms with van der Waals surface area (Å²) >= 11 is 0. The van der Waals surface area contributed by atoms with E-state index in [-0.39, 0.29) is 17.9 Å². The molecule has 0 aliphatic heterocycles. The first-order valence-electron chi connectivity index (χ1n) is 9.07. The Labute approximate surface area is 165 Å². The number of aromatic nitrogens is 1. The maximum absolute atomic E-state index is 14.0. The van der Waals surface area contributed by atoms with Crippen molar-refractivity contribution in [2.75, 3.05) is 6.54 Å². The first-order valence-corrected chi connectivity index (χ1v) is 9.07. The zero-order valence-corrected chi connectivity index (χ0v) is 16.0. The lowest BCUT2D eigenvalue weighted by atomic mass is 10.0. The molecule has 0 bridgehead atoms. The van der Waals surface area contributed by atoms with Gasteiger partial charge in [-0.15, -0.1) is 0 Å². The summed E-state index contributed by atoms with van der Waals surface area (Å²) in [6, 6.07) is 8.16. The molecule has 152 valence electrons. The van der Waals surface area contributed by atoms with Gasteiger partial charge in [-0.2, -0.15) is 13.2 Å². The third-order valence-electron chi connectivity index (χ3n) is 4.78. The van der Waals surface area contributed by atoms with E-state index in [9.17, 15) is 22.4 Å². The summed E-state index contributed by atoms with van der Waals surface area (Å²) in [5.41, 5.74) is 2.22. The molecule has 0 aliphatic rings. The molecule has 3 nitrogen and oxygen atoms in total. The van der Waals surface area contributed by atoms with E-state index in [2.05, 4.69) is 10.3 Å². The van der Waals surface area contributed by atoms with Gasteiger partial charge in [0.1, 0.15) is 5.82 Å². The van der Waals surface area contributed by atoms with E-state index in [4.69, 9.17) is 0 Å². The number of alkyl halides is 3. The van der Waals surface area contributed by atoms with Crippen LogP contribution in [0.15, 0.2) is 42.5 Å². The van der Waals surface area contributed by atoms with Gasteiger partial charge in [0.2, 0.25) is 5.91 Å². The van der Waals surface area contributed by atoms with Crippen LogP contribution in [0.4, 0.5) is 17.6 Å². The van der Waals surface area contributed by atoms with Gasteiger partial charge in [0.05, 0.1) is 11.1 Å². The van der Waals surface area contributed by atoms with Crippen LogP contribution in [-0.4, -0.2) is 17.4 Å². The average Bonchev–Trinajstić information content (AvgIpc) is 3.00. The van der Waals surface area contributed by atoms with Crippen molar-refractivity contribution in [2.45, 2.75) is 26.4 Å². The van der Waals surface area contributed by atoms with Crippen LogP contribution < -0.4 is 5.32 Å². The van der Waals surface area contributed by atoms with Gasteiger partial charge in [-0.3, -0.25) is 4.79 Å². The molecule has 0 aliphatic carbocycles. The van der Waals surface area contributed by atoms with Gasteiger partial charge in [0.25, 0.3) is 0 Å². The van der Waals surface area contributed by atoms with Gasteiger partial charge in [-0.05, 0) is 55.2 Å². The Kier molecular flexibility index (Phi) is 5.77. The molecule has 3 rings (SSSR count). The highest BCUT2D eigenvalue weighted by Gasteiger charge is 2.32. The van der Waals surface area contributed by atoms with Gasteiger partial charge >= 0.3 is 6.18 Å². The van der Waals surface area contributed by atoms with Crippen molar-refractivity contribution in [1.82, 2.24) is 10.3 Å². The molecular formula is C22H20F4N2O. The number of nitrogens with one attached hydrogen (secondary N) is 2. The first kappa shape index (κ1) is 20.6. The predicted octanol–water partition coefficient (Wildman–Crippen LogP) is 5.31. The number of amides is 1. The third-order valence-corrected chi connectivity index (χ3v) is 4.78. The van der Waals surface area contributed by atoms with Crippen LogP contribution in [0.5, 0.6) is 0 Å². The molecule has 0 saturated heterocycles. The van der Waals surface area contributed by atoms with Gasteiger partial charge in [0, 0.05) is 23.7 Å². The monoisotopic (exact) mass is 404 g/mol. The summed E-state index contributed by atoms with van der Waals surface area (Å²) < 4.78 is 53.0. The van der Waals surface area contributed by atoms with Gasteiger partial charge in [-0.1, -0.05) is 24.3 Å². The second kappa shape index (κ2) is 8.11. The molecule has 0 radical (unpaired) electrons. The van der Waals surface area contributed by atoms with E-state index < -0.39 is 17.6 Å². The number of benzene rings is 2. The first-order chi connectivity index (χ1) is 13.7. The molecule has 3 aromatic rings. The van der Waals surface area contributed by atoms with Crippen molar-refractivity contribution in [2.24, 2.45) is 0 Å². The van der Waals surface area contributed by atoms with Crippen molar-refractivity contribution in [3.63, 3.8) is 0 Å². The van der Waals surface area contributed by atoms with Crippen molar-refractivity contribution in [1.29, 1.82) is 0 Å². The maximum Gasteiger partial charge on any atom is 0.416 e. The molecule has 1 aromatic heterocycles. The molecule has 7 heteroatoms. The molecule has 2 aromatic carbocycles. The molecule has 29 heavy (non-hydrogen) atoms. The second-order valence-corrected chi connectivity index (χ2v) is 6.80. The van der Waals surface area contributed by atoms with Crippen LogP contribution in [0.25, 0.3) is 17.0 Å². The van der Waals surface area contributed by atoms with Crippen LogP contribution in [0.1, 0.15) is 27.9 Å². The van der Waals surface area contributed by atoms with Crippen LogP contribution >= 0.6 is 0 Å². The normalized spacial score (nSPS) is 12.1. The highest BCUT2D eigenvalue weighted by molar-refractivity contribution is 5.92. The minimum Gasteiger partial charge on any atom is -0.356 e. The molecule has 0 fully saturated rings. The van der Waals surface area contributed by atoms with Crippen LogP contribution in [-0.2, 0) is 17.4 Å². The van der Waals surface area contributed by atoms with E-state index in [1.165, 1.54) is 24.3 Å². The predicted molar refractivity (Wildman–Crippen MR) is 105 cm³/mol. The summed E-state index contributed by atoms with van der Waals surface area (Å²) in [5, 5.41) is 3.46. The number of carbonyl (C=O) groups is 1. The summed E-state index contributed by atoms with van der Waals surface area (Å²) in [5.74, 6) is -0.836. The summed E-state index contributed by atoms with van der Waals surface area (Å²) in [6.07, 6.45) is -1.79. The minimum absolute atomic E-state index is 0.0753. The van der Waals surface area contributed by atoms with Crippen LogP contribution in [0, 0.1) is 19.7 Å². The molecule has 0 unspecified atom stereocenters. The lowest BCUT2D eigenvalue weighted by Gasteiger charge is -2.09. The Morgan fingerprint density at radius 1 is 1.14 bits per heavy atom. The number of halogens is 4. The number of rotatable bonds is 5. The quantitative estimate of drug-likeness (QED) is 0.439. The van der Waals surface area contributed by atoms with E-state index in [0.29, 0.717) is 11.9 Å². The molecule has 2 N–H and O–H groups in total. The van der Waals surface area contributed by atoms with E-state index in [1.54, 1.807) is 6.07 Å². The molecule has 1 heterocycles. The average molecular weight is 404 g/mol. The zero-order chi connectivity index (χ0) is 21.2. The lowest BCUT2D eigenvalue weighted by molar-refractivity contribution is -0.137. The standard InChI is InChI=1S/C22H20F4N2O/c1-13-7-9-18(23)21-20(13)16(14(2)28-21)11-12-27-19(29)10-8-15-5-3-4-6-17(15)22(24,25)26/h3-10,28H,11-12H2,1-2H3,(H,27,29). The van der Waals surface area contributed by atoms with Gasteiger partial charge < -0.3 is 10.3 Å². The van der Waals surface area contributed by atoms with Crippen LogP contribution in [0.2, 0.25) is 0 Å². The van der Waals surface area contributed by atoms with E-state index in [1.807, 2.05) is 13.8 Å². The fourth-order valence-electron chi connectivity index (χ4n) is 3.39. The maximum atomic E-state index is 14.0. The smallest absolute Gasteiger partial charge is 0.356 e. The number of aryl methyl sites for hydroxylation is 2. The van der Waals surface area contributed by atoms with Crippen molar-refractivity contribution >= 4 is 22.9 Å². The van der Waals surface area contributed by atoms with E-state index in [0.717, 1.165) is 40.4 Å². The number of carbonyl (C=O) groups excluding carboxylic acids is 1. The van der Waals surface area contributed by atoms with Gasteiger partial charge in [0.15, 0.2) is 0 Å². The minimum atomic E-state index is -4.49. The number of H-pyrrole nitrogens is 1. The lowest BCUT2D eigenvalue weighted by Crippen LogP contribution is -2.23. The summed E-state index contributed by atoms with van der Waals surface area (Å²) in [4.78, 5) is 15.1. The van der Waals surface area contributed by atoms with Crippen molar-refractivity contribution in [3.8, 4) is 0 Å². The highest BCUT2D eigenvalue weighted by atomic mass is 19.4. The Morgan fingerprint density at radius 2 is 1.86 bits per heavy atom. The number of aromatic amines is 1. The Hall–Kier alpha value is -3.09. The molecule has 0 saturated carbocycles. The van der Waals surface area contributed by atoms with Crippen LogP contribution in [0.3, 0.4) is 0 Å². The van der Waals surface area contributed by atoms with Gasteiger partial charge in [-0.25, -0.2) is 4.39 Å².